The Morgan fingerprint density at radius 2 is 1.00 bits per heavy atom. The fourth-order valence-corrected chi connectivity index (χ4v) is 0.729. The van der Waals surface area contributed by atoms with Gasteiger partial charge in [0.25, 0.3) is 0 Å². The zero-order valence-corrected chi connectivity index (χ0v) is 12.8. The molecular weight excluding hydrogens is 320 g/mol. The summed E-state index contributed by atoms with van der Waals surface area (Å²) in [4.78, 5) is 9.37. The summed E-state index contributed by atoms with van der Waals surface area (Å²) in [6.07, 6.45) is -7.12. The molecule has 0 unspecified atom stereocenters. The highest BCUT2D eigenvalue weighted by molar-refractivity contribution is 5.66. The average molecular weight is 348 g/mol. The number of carbonyl (C=O) groups is 1. The van der Waals surface area contributed by atoms with Crippen LogP contribution < -0.4 is 0 Å². The molecule has 11 heteroatoms. The maximum atomic E-state index is 9.37. The number of rotatable bonds is 8. The lowest BCUT2D eigenvalue weighted by Gasteiger charge is -2.24. The van der Waals surface area contributed by atoms with Crippen molar-refractivity contribution in [3.05, 3.63) is 0 Å². The summed E-state index contributed by atoms with van der Waals surface area (Å²) < 4.78 is 0. The molecule has 0 radical (unpaired) electrons. The number of aliphatic hydroxyl groups excluding tert-OH is 9. The zero-order chi connectivity index (χ0) is 19.0. The molecule has 0 aromatic heterocycles. The summed E-state index contributed by atoms with van der Waals surface area (Å²) in [7, 11) is 0. The lowest BCUT2D eigenvalue weighted by atomic mass is 10.0. The van der Waals surface area contributed by atoms with Gasteiger partial charge in [0, 0.05) is 6.42 Å². The van der Waals surface area contributed by atoms with E-state index in [-0.39, 0.29) is 19.6 Å². The Morgan fingerprint density at radius 1 is 0.739 bits per heavy atom. The van der Waals surface area contributed by atoms with E-state index in [1.165, 1.54) is 0 Å². The molecule has 0 aliphatic rings. The van der Waals surface area contributed by atoms with Gasteiger partial charge < -0.3 is 51.1 Å². The van der Waals surface area contributed by atoms with E-state index in [1.54, 1.807) is 6.92 Å². The lowest BCUT2D eigenvalue weighted by Crippen LogP contribution is -2.46. The minimum Gasteiger partial charge on any atom is -0.481 e. The van der Waals surface area contributed by atoms with Crippen LogP contribution in [0.4, 0.5) is 0 Å². The Kier molecular flexibility index (Phi) is 20.5. The molecule has 11 nitrogen and oxygen atoms in total. The molecule has 0 spiro atoms. The van der Waals surface area contributed by atoms with Gasteiger partial charge in [0.2, 0.25) is 0 Å². The zero-order valence-electron chi connectivity index (χ0n) is 12.8. The Hall–Kier alpha value is -0.890. The summed E-state index contributed by atoms with van der Waals surface area (Å²) >= 11 is 0. The quantitative estimate of drug-likeness (QED) is 0.200. The molecule has 4 atom stereocenters. The molecule has 142 valence electrons. The van der Waals surface area contributed by atoms with Gasteiger partial charge in [-0.3, -0.25) is 4.79 Å². The Labute approximate surface area is 133 Å². The van der Waals surface area contributed by atoms with Crippen LogP contribution >= 0.6 is 0 Å². The Balaban J connectivity index is -0.000000303. The molecule has 0 aromatic rings. The molecule has 0 bridgehead atoms. The van der Waals surface area contributed by atoms with Gasteiger partial charge in [0.1, 0.15) is 30.5 Å². The summed E-state index contributed by atoms with van der Waals surface area (Å²) in [5.41, 5.74) is 0. The predicted octanol–water partition coefficient (Wildman–Crippen LogP) is -4.77. The van der Waals surface area contributed by atoms with Gasteiger partial charge in [-0.25, -0.2) is 0 Å². The first-order valence-electron chi connectivity index (χ1n) is 6.68. The SMILES string of the molecule is CCC(=O)O.OCC(O)CO.OC[C@@H](O)[C@@H](O)[C@H](O)[C@@H](O)CO. The van der Waals surface area contributed by atoms with Gasteiger partial charge in [0.15, 0.2) is 0 Å². The average Bonchev–Trinajstić information content (AvgIpc) is 2.58. The number of aliphatic carboxylic acids is 1. The third kappa shape index (κ3) is 17.3. The topological polar surface area (TPSA) is 219 Å². The fraction of sp³-hybridized carbons (Fsp3) is 0.917. The van der Waals surface area contributed by atoms with Crippen LogP contribution in [0.2, 0.25) is 0 Å². The highest BCUT2D eigenvalue weighted by Crippen LogP contribution is 2.03. The first-order chi connectivity index (χ1) is 10.6. The van der Waals surface area contributed by atoms with Crippen molar-refractivity contribution in [2.45, 2.75) is 43.9 Å². The van der Waals surface area contributed by atoms with Crippen molar-refractivity contribution < 1.29 is 55.9 Å². The predicted molar refractivity (Wildman–Crippen MR) is 76.3 cm³/mol. The Morgan fingerprint density at radius 3 is 1.09 bits per heavy atom. The van der Waals surface area contributed by atoms with E-state index in [0.717, 1.165) is 0 Å². The second kappa shape index (κ2) is 17.5. The van der Waals surface area contributed by atoms with Crippen molar-refractivity contribution in [2.24, 2.45) is 0 Å². The molecule has 0 saturated heterocycles. The van der Waals surface area contributed by atoms with E-state index >= 15 is 0 Å². The van der Waals surface area contributed by atoms with Crippen LogP contribution in [0.15, 0.2) is 0 Å². The normalized spacial score (nSPS) is 15.4. The summed E-state index contributed by atoms with van der Waals surface area (Å²) in [5, 5.41) is 83.9. The molecule has 23 heavy (non-hydrogen) atoms. The monoisotopic (exact) mass is 348 g/mol. The van der Waals surface area contributed by atoms with Crippen molar-refractivity contribution in [1.82, 2.24) is 0 Å². The molecular formula is C12H28O11. The van der Waals surface area contributed by atoms with Gasteiger partial charge in [-0.15, -0.1) is 0 Å². The summed E-state index contributed by atoms with van der Waals surface area (Å²) in [6, 6.07) is 0. The van der Waals surface area contributed by atoms with Crippen LogP contribution in [0.3, 0.4) is 0 Å². The van der Waals surface area contributed by atoms with E-state index in [2.05, 4.69) is 0 Å². The Bertz CT molecular complexity index is 245. The second-order valence-electron chi connectivity index (χ2n) is 4.25. The van der Waals surface area contributed by atoms with E-state index in [9.17, 15) is 4.79 Å². The molecule has 0 amide bonds. The van der Waals surface area contributed by atoms with E-state index in [1.807, 2.05) is 0 Å². The first kappa shape index (κ1) is 27.0. The number of hydrogen-bond acceptors (Lipinski definition) is 10. The third-order valence-electron chi connectivity index (χ3n) is 2.24. The van der Waals surface area contributed by atoms with Crippen molar-refractivity contribution in [3.63, 3.8) is 0 Å². The molecule has 0 aliphatic carbocycles. The van der Waals surface area contributed by atoms with Crippen LogP contribution in [0.25, 0.3) is 0 Å². The number of carboxylic acid groups (broad SMARTS) is 1. The summed E-state index contributed by atoms with van der Waals surface area (Å²) in [6.45, 7) is -0.581. The highest BCUT2D eigenvalue weighted by Gasteiger charge is 2.29. The van der Waals surface area contributed by atoms with Crippen LogP contribution in [-0.4, -0.2) is 114 Å². The van der Waals surface area contributed by atoms with Crippen molar-refractivity contribution in [2.75, 3.05) is 26.4 Å². The molecule has 0 saturated carbocycles. The van der Waals surface area contributed by atoms with Crippen LogP contribution in [0.1, 0.15) is 13.3 Å². The molecule has 0 heterocycles. The summed E-state index contributed by atoms with van der Waals surface area (Å²) in [5.74, 6) is -0.745. The van der Waals surface area contributed by atoms with Gasteiger partial charge >= 0.3 is 5.97 Å². The number of carboxylic acids is 1. The van der Waals surface area contributed by atoms with Crippen LogP contribution in [-0.2, 0) is 4.79 Å². The lowest BCUT2D eigenvalue weighted by molar-refractivity contribution is -0.136. The fourth-order valence-electron chi connectivity index (χ4n) is 0.729. The number of hydrogen-bond donors (Lipinski definition) is 10. The van der Waals surface area contributed by atoms with Gasteiger partial charge in [-0.2, -0.15) is 0 Å². The minimum atomic E-state index is -1.67. The maximum Gasteiger partial charge on any atom is 0.303 e. The third-order valence-corrected chi connectivity index (χ3v) is 2.24. The second-order valence-corrected chi connectivity index (χ2v) is 4.25. The van der Waals surface area contributed by atoms with Crippen LogP contribution in [0, 0.1) is 0 Å². The van der Waals surface area contributed by atoms with E-state index < -0.39 is 49.7 Å². The molecule has 10 N–H and O–H groups in total. The van der Waals surface area contributed by atoms with Crippen molar-refractivity contribution in [3.8, 4) is 0 Å². The molecule has 0 aromatic carbocycles. The minimum absolute atomic E-state index is 0.222. The van der Waals surface area contributed by atoms with Gasteiger partial charge in [-0.1, -0.05) is 6.92 Å². The van der Waals surface area contributed by atoms with E-state index in [0.29, 0.717) is 0 Å². The van der Waals surface area contributed by atoms with E-state index in [4.69, 9.17) is 51.1 Å². The van der Waals surface area contributed by atoms with Gasteiger partial charge in [-0.05, 0) is 0 Å². The van der Waals surface area contributed by atoms with Gasteiger partial charge in [0.05, 0.1) is 26.4 Å². The van der Waals surface area contributed by atoms with Crippen molar-refractivity contribution in [1.29, 1.82) is 0 Å². The highest BCUT2D eigenvalue weighted by atomic mass is 16.4. The first-order valence-corrected chi connectivity index (χ1v) is 6.68. The molecule has 0 aliphatic heterocycles. The standard InChI is InChI=1S/C6H14O6.C3H8O3.C3H6O2/c7-1-3(9)5(11)6(12)4(10)2-8;4-1-3(6)2-5;1-2-3(4)5/h3-12H,1-2H2;3-6H,1-2H2;2H2,1H3,(H,4,5)/t3-,4+,5-,6-;;/m1../s1. The number of aliphatic hydroxyl groups is 9. The van der Waals surface area contributed by atoms with Crippen molar-refractivity contribution >= 4 is 5.97 Å². The largest absolute Gasteiger partial charge is 0.481 e. The smallest absolute Gasteiger partial charge is 0.303 e. The van der Waals surface area contributed by atoms with Crippen LogP contribution in [0.5, 0.6) is 0 Å². The molecule has 0 fully saturated rings. The maximum absolute atomic E-state index is 9.37. The molecule has 0 rings (SSSR count).